The van der Waals surface area contributed by atoms with E-state index in [0.717, 1.165) is 42.4 Å². The number of fused-ring (bicyclic) bond motifs is 4. The van der Waals surface area contributed by atoms with Gasteiger partial charge in [0.05, 0.1) is 41.8 Å². The fourth-order valence-electron chi connectivity index (χ4n) is 5.12. The molecule has 0 spiro atoms. The molecular weight excluding hydrogens is 677 g/mol. The molecule has 3 aromatic heterocycles. The molecule has 1 aliphatic rings. The van der Waals surface area contributed by atoms with Gasteiger partial charge in [-0.15, -0.1) is 22.7 Å². The van der Waals surface area contributed by atoms with Crippen LogP contribution in [-0.4, -0.2) is 26.8 Å². The number of aryl methyl sites for hydroxylation is 4. The normalized spacial score (nSPS) is 11.2. The Balaban J connectivity index is 0.000000227. The van der Waals surface area contributed by atoms with Gasteiger partial charge in [0.25, 0.3) is 11.8 Å². The van der Waals surface area contributed by atoms with Crippen molar-refractivity contribution in [2.24, 2.45) is 0 Å². The Morgan fingerprint density at radius 3 is 1.42 bits per heavy atom. The Morgan fingerprint density at radius 2 is 0.920 bits per heavy atom. The minimum atomic E-state index is -0.278. The molecule has 0 radical (unpaired) electrons. The number of hydrogen-bond acceptors (Lipinski definition) is 8. The number of benzene rings is 4. The summed E-state index contributed by atoms with van der Waals surface area (Å²) in [5.74, 6) is -0.555. The number of para-hydroxylation sites is 2. The Hall–Kier alpha value is -4.31. The summed E-state index contributed by atoms with van der Waals surface area (Å²) in [7, 11) is 0. The lowest BCUT2D eigenvalue weighted by Crippen LogP contribution is -2.29. The monoisotopic (exact) mass is 724 g/mol. The van der Waals surface area contributed by atoms with Crippen LogP contribution in [0.1, 0.15) is 98.4 Å². The van der Waals surface area contributed by atoms with Crippen LogP contribution in [0, 0.1) is 27.7 Å². The zero-order valence-corrected chi connectivity index (χ0v) is 33.7. The highest BCUT2D eigenvalue weighted by molar-refractivity contribution is 7.27. The Morgan fingerprint density at radius 1 is 0.480 bits per heavy atom. The molecule has 6 nitrogen and oxygen atoms in total. The predicted molar refractivity (Wildman–Crippen MR) is 220 cm³/mol. The fourth-order valence-corrected chi connectivity index (χ4v) is 8.18. The summed E-state index contributed by atoms with van der Waals surface area (Å²) in [5, 5.41) is 2.48. The molecule has 8 rings (SSSR count). The van der Waals surface area contributed by atoms with Gasteiger partial charge in [-0.1, -0.05) is 115 Å². The van der Waals surface area contributed by atoms with Gasteiger partial charge in [-0.2, -0.15) is 0 Å². The average molecular weight is 725 g/mol. The molecule has 0 fully saturated rings. The molecule has 50 heavy (non-hydrogen) atoms. The average Bonchev–Trinajstić information content (AvgIpc) is 3.95. The number of aromatic nitrogens is 3. The highest BCUT2D eigenvalue weighted by atomic mass is 32.1. The third-order valence-electron chi connectivity index (χ3n) is 7.35. The van der Waals surface area contributed by atoms with E-state index >= 15 is 0 Å². The number of hydrogen-bond donors (Lipinski definition) is 0. The van der Waals surface area contributed by atoms with Crippen LogP contribution in [-0.2, 0) is 0 Å². The van der Waals surface area contributed by atoms with Crippen LogP contribution in [0.2, 0.25) is 0 Å². The van der Waals surface area contributed by atoms with E-state index in [1.165, 1.54) is 36.8 Å². The number of imide groups is 1. The second kappa shape index (κ2) is 18.6. The summed E-state index contributed by atoms with van der Waals surface area (Å²) in [6.45, 7) is 24.0. The van der Waals surface area contributed by atoms with Crippen molar-refractivity contribution in [3.05, 3.63) is 106 Å². The van der Waals surface area contributed by atoms with Crippen LogP contribution in [0.4, 0.5) is 5.13 Å². The topological polar surface area (TPSA) is 76.1 Å². The smallest absolute Gasteiger partial charge is 0.268 e. The van der Waals surface area contributed by atoms with E-state index in [2.05, 4.69) is 49.2 Å². The highest BCUT2D eigenvalue weighted by Gasteiger charge is 2.40. The van der Waals surface area contributed by atoms with Crippen molar-refractivity contribution in [3.8, 4) is 10.0 Å². The lowest BCUT2D eigenvalue weighted by molar-refractivity contribution is 0.0926. The minimum Gasteiger partial charge on any atom is -0.268 e. The predicted octanol–water partition coefficient (Wildman–Crippen LogP) is 13.0. The Kier molecular flexibility index (Phi) is 14.9. The van der Waals surface area contributed by atoms with Crippen molar-refractivity contribution in [1.82, 2.24) is 15.0 Å². The zero-order valence-electron chi connectivity index (χ0n) is 31.3. The van der Waals surface area contributed by atoms with Crippen LogP contribution >= 0.6 is 34.0 Å². The summed E-state index contributed by atoms with van der Waals surface area (Å²) in [6.07, 6.45) is 0. The van der Waals surface area contributed by atoms with Crippen LogP contribution in [0.15, 0.2) is 72.8 Å². The van der Waals surface area contributed by atoms with Gasteiger partial charge in [0.15, 0.2) is 10.0 Å². The van der Waals surface area contributed by atoms with Gasteiger partial charge >= 0.3 is 0 Å². The summed E-state index contributed by atoms with van der Waals surface area (Å²) in [4.78, 5) is 40.6. The van der Waals surface area contributed by atoms with Gasteiger partial charge in [-0.05, 0) is 74.2 Å². The first kappa shape index (κ1) is 40.1. The molecular formula is C41H48N4O2S3. The molecule has 9 heteroatoms. The van der Waals surface area contributed by atoms with Gasteiger partial charge in [-0.25, -0.2) is 19.9 Å². The number of carbonyl (C=O) groups excluding carboxylic acids is 2. The van der Waals surface area contributed by atoms with Crippen molar-refractivity contribution in [1.29, 1.82) is 0 Å². The largest absolute Gasteiger partial charge is 0.268 e. The molecule has 7 aromatic rings. The maximum atomic E-state index is 12.7. The second-order valence-corrected chi connectivity index (χ2v) is 13.3. The van der Waals surface area contributed by atoms with Crippen molar-refractivity contribution < 1.29 is 9.59 Å². The maximum absolute atomic E-state index is 12.7. The number of nitrogens with zero attached hydrogens (tertiary/aromatic N) is 4. The van der Waals surface area contributed by atoms with E-state index in [-0.39, 0.29) is 11.8 Å². The molecule has 0 unspecified atom stereocenters. The quantitative estimate of drug-likeness (QED) is 0.166. The van der Waals surface area contributed by atoms with Crippen molar-refractivity contribution in [2.45, 2.75) is 83.1 Å². The van der Waals surface area contributed by atoms with Gasteiger partial charge in [0.2, 0.25) is 5.13 Å². The van der Waals surface area contributed by atoms with Crippen LogP contribution in [0.3, 0.4) is 0 Å². The van der Waals surface area contributed by atoms with Gasteiger partial charge < -0.3 is 0 Å². The second-order valence-electron chi connectivity index (χ2n) is 10.2. The number of rotatable bonds is 2. The number of thiazole rings is 3. The minimum absolute atomic E-state index is 0.278. The molecule has 1 aliphatic heterocycles. The zero-order chi connectivity index (χ0) is 37.1. The fraction of sp³-hybridized carbons (Fsp3) is 0.293. The Labute approximate surface area is 308 Å². The van der Waals surface area contributed by atoms with E-state index < -0.39 is 0 Å². The first-order valence-electron chi connectivity index (χ1n) is 17.4. The van der Waals surface area contributed by atoms with E-state index in [9.17, 15) is 9.59 Å². The van der Waals surface area contributed by atoms with Gasteiger partial charge in [0, 0.05) is 0 Å². The van der Waals surface area contributed by atoms with Crippen molar-refractivity contribution in [2.75, 3.05) is 4.90 Å². The molecule has 0 saturated carbocycles. The standard InChI is InChI=1S/C17H12N2O2S.C16H12N2S2.4C2H6/c1-9-7-8-10(2)14-13(9)15(20)19(16(14)21)17-18-11-5-3-4-6-12(11)22-17;1-9-7-8-10(2)14-13(9)18-16(20-14)15-17-11-5-3-4-6-12(11)19-15;4*1-2/h3-8H,1-2H3;3-8H,1-2H3;4*1-2H3. The lowest BCUT2D eigenvalue weighted by atomic mass is 9.99. The first-order valence-corrected chi connectivity index (χ1v) is 19.8. The molecule has 2 amide bonds. The van der Waals surface area contributed by atoms with E-state index in [4.69, 9.17) is 9.97 Å². The molecule has 4 heterocycles. The summed E-state index contributed by atoms with van der Waals surface area (Å²) in [5.41, 5.74) is 8.14. The maximum Gasteiger partial charge on any atom is 0.268 e. The van der Waals surface area contributed by atoms with Crippen molar-refractivity contribution in [3.63, 3.8) is 0 Å². The van der Waals surface area contributed by atoms with Crippen molar-refractivity contribution >= 4 is 81.6 Å². The Bertz CT molecular complexity index is 2060. The molecule has 262 valence electrons. The molecule has 0 bridgehead atoms. The van der Waals surface area contributed by atoms with Crippen LogP contribution in [0.5, 0.6) is 0 Å². The van der Waals surface area contributed by atoms with Crippen LogP contribution in [0.25, 0.3) is 40.7 Å². The number of anilines is 1. The van der Waals surface area contributed by atoms with E-state index in [1.54, 1.807) is 22.7 Å². The van der Waals surface area contributed by atoms with Gasteiger partial charge in [0.1, 0.15) is 0 Å². The molecule has 0 saturated heterocycles. The van der Waals surface area contributed by atoms with E-state index in [0.29, 0.717) is 16.3 Å². The van der Waals surface area contributed by atoms with Gasteiger partial charge in [-0.3, -0.25) is 9.59 Å². The molecule has 4 aromatic carbocycles. The third-order valence-corrected chi connectivity index (χ3v) is 10.7. The summed E-state index contributed by atoms with van der Waals surface area (Å²) < 4.78 is 3.46. The SMILES string of the molecule is CC.CC.CC.CC.Cc1ccc(C)c2c1C(=O)N(c1nc3ccccc3s1)C2=O.Cc1ccc(C)c2sc(-c3nc4ccccc4s3)nc12. The molecule has 0 atom stereocenters. The van der Waals surface area contributed by atoms with Crippen LogP contribution < -0.4 is 4.90 Å². The molecule has 0 aliphatic carbocycles. The summed E-state index contributed by atoms with van der Waals surface area (Å²) in [6, 6.07) is 23.9. The summed E-state index contributed by atoms with van der Waals surface area (Å²) >= 11 is 4.81. The third kappa shape index (κ3) is 8.01. The van der Waals surface area contributed by atoms with E-state index in [1.807, 2.05) is 112 Å². The number of carbonyl (C=O) groups is 2. The first-order chi connectivity index (χ1) is 24.3. The lowest BCUT2D eigenvalue weighted by Gasteiger charge is -2.08. The molecule has 0 N–H and O–H groups in total. The number of amides is 2. The highest BCUT2D eigenvalue weighted by Crippen LogP contribution is 2.38.